The van der Waals surface area contributed by atoms with Crippen LogP contribution in [0.3, 0.4) is 0 Å². The van der Waals surface area contributed by atoms with Gasteiger partial charge >= 0.3 is 5.97 Å². The first-order chi connectivity index (χ1) is 12.5. The van der Waals surface area contributed by atoms with Crippen LogP contribution >= 0.6 is 11.6 Å². The van der Waals surface area contributed by atoms with Gasteiger partial charge in [-0.15, -0.1) is 0 Å². The second-order valence-electron chi connectivity index (χ2n) is 5.89. The SMILES string of the molecule is O=C(O)COc1ccc(NC(=O)CC2OCCc3ccccc32)cc1Cl. The number of nitrogens with one attached hydrogen (secondary N) is 1. The van der Waals surface area contributed by atoms with Gasteiger partial charge in [0.25, 0.3) is 0 Å². The van der Waals surface area contributed by atoms with Gasteiger partial charge < -0.3 is 19.9 Å². The normalized spacial score (nSPS) is 15.8. The number of carbonyl (C=O) groups is 2. The van der Waals surface area contributed by atoms with Gasteiger partial charge in [0.05, 0.1) is 24.2 Å². The van der Waals surface area contributed by atoms with Gasteiger partial charge in [-0.05, 0) is 35.7 Å². The maximum Gasteiger partial charge on any atom is 0.341 e. The molecule has 1 amide bonds. The molecule has 0 radical (unpaired) electrons. The first kappa shape index (κ1) is 18.2. The predicted molar refractivity (Wildman–Crippen MR) is 96.7 cm³/mol. The minimum atomic E-state index is -1.09. The summed E-state index contributed by atoms with van der Waals surface area (Å²) in [6, 6.07) is 12.6. The van der Waals surface area contributed by atoms with E-state index in [4.69, 9.17) is 26.2 Å². The quantitative estimate of drug-likeness (QED) is 0.807. The second kappa shape index (κ2) is 8.21. The number of ether oxygens (including phenoxy) is 2. The van der Waals surface area contributed by atoms with E-state index in [1.807, 2.05) is 18.2 Å². The molecule has 0 saturated heterocycles. The Morgan fingerprint density at radius 3 is 2.85 bits per heavy atom. The van der Waals surface area contributed by atoms with Gasteiger partial charge in [0.2, 0.25) is 5.91 Å². The molecular formula is C19H18ClNO5. The van der Waals surface area contributed by atoms with Gasteiger partial charge in [0.1, 0.15) is 5.75 Å². The number of carboxylic acids is 1. The van der Waals surface area contributed by atoms with Crippen molar-refractivity contribution in [3.05, 3.63) is 58.6 Å². The van der Waals surface area contributed by atoms with Crippen molar-refractivity contribution in [1.82, 2.24) is 0 Å². The first-order valence-corrected chi connectivity index (χ1v) is 8.54. The van der Waals surface area contributed by atoms with Crippen LogP contribution in [0.25, 0.3) is 0 Å². The lowest BCUT2D eigenvalue weighted by molar-refractivity contribution is -0.139. The Bertz CT molecular complexity index is 823. The first-order valence-electron chi connectivity index (χ1n) is 8.16. The third kappa shape index (κ3) is 4.53. The number of hydrogen-bond donors (Lipinski definition) is 2. The van der Waals surface area contributed by atoms with Gasteiger partial charge in [0.15, 0.2) is 6.61 Å². The average molecular weight is 376 g/mol. The lowest BCUT2D eigenvalue weighted by Gasteiger charge is -2.25. The van der Waals surface area contributed by atoms with Gasteiger partial charge in [-0.2, -0.15) is 0 Å². The van der Waals surface area contributed by atoms with Crippen molar-refractivity contribution >= 4 is 29.2 Å². The summed E-state index contributed by atoms with van der Waals surface area (Å²) < 4.78 is 10.8. The fraction of sp³-hybridized carbons (Fsp3) is 0.263. The maximum atomic E-state index is 12.4. The Balaban J connectivity index is 1.62. The van der Waals surface area contributed by atoms with Crippen molar-refractivity contribution in [3.63, 3.8) is 0 Å². The summed E-state index contributed by atoms with van der Waals surface area (Å²) in [7, 11) is 0. The van der Waals surface area contributed by atoms with Gasteiger partial charge in [-0.1, -0.05) is 35.9 Å². The van der Waals surface area contributed by atoms with Crippen LogP contribution in [0.5, 0.6) is 5.75 Å². The van der Waals surface area contributed by atoms with Crippen molar-refractivity contribution in [3.8, 4) is 5.75 Å². The van der Waals surface area contributed by atoms with Crippen LogP contribution in [0, 0.1) is 0 Å². The molecule has 1 aliphatic rings. The van der Waals surface area contributed by atoms with Gasteiger partial charge in [0, 0.05) is 5.69 Å². The van der Waals surface area contributed by atoms with Crippen molar-refractivity contribution in [2.45, 2.75) is 18.9 Å². The van der Waals surface area contributed by atoms with Crippen LogP contribution in [-0.4, -0.2) is 30.2 Å². The minimum Gasteiger partial charge on any atom is -0.480 e. The number of aliphatic carboxylic acids is 1. The van der Waals surface area contributed by atoms with Crippen LogP contribution in [0.1, 0.15) is 23.7 Å². The smallest absolute Gasteiger partial charge is 0.341 e. The molecule has 3 rings (SSSR count). The molecule has 0 aliphatic carbocycles. The molecule has 2 N–H and O–H groups in total. The molecule has 0 bridgehead atoms. The van der Waals surface area contributed by atoms with E-state index in [9.17, 15) is 9.59 Å². The molecule has 1 heterocycles. The van der Waals surface area contributed by atoms with E-state index in [2.05, 4.69) is 11.4 Å². The molecule has 2 aromatic carbocycles. The second-order valence-corrected chi connectivity index (χ2v) is 6.30. The molecule has 0 spiro atoms. The van der Waals surface area contributed by atoms with E-state index in [-0.39, 0.29) is 29.2 Å². The lowest BCUT2D eigenvalue weighted by atomic mass is 9.95. The number of amides is 1. The highest BCUT2D eigenvalue weighted by molar-refractivity contribution is 6.32. The third-order valence-corrected chi connectivity index (χ3v) is 4.33. The Morgan fingerprint density at radius 2 is 2.08 bits per heavy atom. The van der Waals surface area contributed by atoms with Crippen molar-refractivity contribution in [1.29, 1.82) is 0 Å². The molecule has 7 heteroatoms. The molecule has 1 unspecified atom stereocenters. The summed E-state index contributed by atoms with van der Waals surface area (Å²) in [6.45, 7) is 0.111. The number of carbonyl (C=O) groups excluding carboxylic acids is 1. The average Bonchev–Trinajstić information content (AvgIpc) is 2.61. The van der Waals surface area contributed by atoms with E-state index in [1.165, 1.54) is 17.7 Å². The molecule has 0 saturated carbocycles. The predicted octanol–water partition coefficient (Wildman–Crippen LogP) is 3.45. The topological polar surface area (TPSA) is 84.9 Å². The fourth-order valence-electron chi connectivity index (χ4n) is 2.86. The standard InChI is InChI=1S/C19H18ClNO5/c20-15-9-13(5-6-16(15)26-11-19(23)24)21-18(22)10-17-14-4-2-1-3-12(14)7-8-25-17/h1-6,9,17H,7-8,10-11H2,(H,21,22)(H,23,24). The van der Waals surface area contributed by atoms with E-state index in [0.717, 1.165) is 12.0 Å². The summed E-state index contributed by atoms with van der Waals surface area (Å²) in [5, 5.41) is 11.6. The van der Waals surface area contributed by atoms with Gasteiger partial charge in [-0.25, -0.2) is 4.79 Å². The van der Waals surface area contributed by atoms with E-state index < -0.39 is 12.6 Å². The van der Waals surface area contributed by atoms with E-state index in [1.54, 1.807) is 6.07 Å². The Labute approximate surface area is 155 Å². The molecule has 1 atom stereocenters. The Morgan fingerprint density at radius 1 is 1.27 bits per heavy atom. The molecule has 1 aliphatic heterocycles. The van der Waals surface area contributed by atoms with Crippen LogP contribution in [-0.2, 0) is 20.7 Å². The van der Waals surface area contributed by atoms with Crippen LogP contribution in [0.2, 0.25) is 5.02 Å². The van der Waals surface area contributed by atoms with Crippen molar-refractivity contribution in [2.75, 3.05) is 18.5 Å². The largest absolute Gasteiger partial charge is 0.480 e. The minimum absolute atomic E-state index is 0.193. The molecule has 136 valence electrons. The lowest BCUT2D eigenvalue weighted by Crippen LogP contribution is -2.22. The zero-order valence-electron chi connectivity index (χ0n) is 13.9. The van der Waals surface area contributed by atoms with Crippen LogP contribution in [0.15, 0.2) is 42.5 Å². The summed E-state index contributed by atoms with van der Waals surface area (Å²) in [5.74, 6) is -1.04. The number of rotatable bonds is 6. The van der Waals surface area contributed by atoms with E-state index >= 15 is 0 Å². The number of carboxylic acid groups (broad SMARTS) is 1. The zero-order valence-corrected chi connectivity index (χ0v) is 14.7. The Hall–Kier alpha value is -2.57. The summed E-state index contributed by atoms with van der Waals surface area (Å²) in [5.41, 5.74) is 2.76. The third-order valence-electron chi connectivity index (χ3n) is 4.03. The van der Waals surface area contributed by atoms with E-state index in [0.29, 0.717) is 12.3 Å². The highest BCUT2D eigenvalue weighted by Crippen LogP contribution is 2.31. The summed E-state index contributed by atoms with van der Waals surface area (Å²) in [4.78, 5) is 22.9. The van der Waals surface area contributed by atoms with Crippen LogP contribution in [0.4, 0.5) is 5.69 Å². The Kier molecular flexibility index (Phi) is 5.75. The molecular weight excluding hydrogens is 358 g/mol. The molecule has 6 nitrogen and oxygen atoms in total. The molecule has 0 fully saturated rings. The number of anilines is 1. The monoisotopic (exact) mass is 375 g/mol. The number of fused-ring (bicyclic) bond motifs is 1. The number of hydrogen-bond acceptors (Lipinski definition) is 4. The fourth-order valence-corrected chi connectivity index (χ4v) is 3.10. The molecule has 2 aromatic rings. The number of halogens is 1. The highest BCUT2D eigenvalue weighted by atomic mass is 35.5. The molecule has 0 aromatic heterocycles. The van der Waals surface area contributed by atoms with Gasteiger partial charge in [-0.3, -0.25) is 4.79 Å². The van der Waals surface area contributed by atoms with Crippen molar-refractivity contribution in [2.24, 2.45) is 0 Å². The zero-order chi connectivity index (χ0) is 18.5. The number of benzene rings is 2. The maximum absolute atomic E-state index is 12.4. The highest BCUT2D eigenvalue weighted by Gasteiger charge is 2.23. The summed E-state index contributed by atoms with van der Waals surface area (Å²) >= 11 is 6.06. The van der Waals surface area contributed by atoms with Crippen molar-refractivity contribution < 1.29 is 24.2 Å². The van der Waals surface area contributed by atoms with Crippen LogP contribution < -0.4 is 10.1 Å². The molecule has 26 heavy (non-hydrogen) atoms. The summed E-state index contributed by atoms with van der Waals surface area (Å²) in [6.07, 6.45) is 0.779.